The Bertz CT molecular complexity index is 1170. The van der Waals surface area contributed by atoms with E-state index in [2.05, 4.69) is 35.6 Å². The maximum absolute atomic E-state index is 13.0. The van der Waals surface area contributed by atoms with Gasteiger partial charge in [0.1, 0.15) is 21.9 Å². The zero-order chi connectivity index (χ0) is 22.6. The topological polar surface area (TPSA) is 62.2 Å². The number of hydrogen-bond acceptors (Lipinski definition) is 7. The number of thiazole rings is 1. The first kappa shape index (κ1) is 21.8. The molecule has 0 saturated carbocycles. The summed E-state index contributed by atoms with van der Waals surface area (Å²) >= 11 is 3.35. The van der Waals surface area contributed by atoms with Crippen molar-refractivity contribution in [3.05, 3.63) is 32.3 Å². The summed E-state index contributed by atoms with van der Waals surface area (Å²) in [6.45, 7) is 14.0. The molecule has 1 amide bonds. The van der Waals surface area contributed by atoms with Crippen molar-refractivity contribution < 1.29 is 4.79 Å². The highest BCUT2D eigenvalue weighted by molar-refractivity contribution is 7.19. The molecule has 0 bridgehead atoms. The highest BCUT2D eigenvalue weighted by Crippen LogP contribution is 2.44. The van der Waals surface area contributed by atoms with Gasteiger partial charge in [-0.1, -0.05) is 20.8 Å². The highest BCUT2D eigenvalue weighted by Gasteiger charge is 2.33. The average Bonchev–Trinajstić information content (AvgIpc) is 3.31. The van der Waals surface area contributed by atoms with E-state index in [0.717, 1.165) is 52.2 Å². The lowest BCUT2D eigenvalue weighted by molar-refractivity contribution is 0.0750. The average molecular weight is 470 g/mol. The summed E-state index contributed by atoms with van der Waals surface area (Å²) in [5, 5.41) is 2.21. The van der Waals surface area contributed by atoms with Gasteiger partial charge >= 0.3 is 0 Å². The van der Waals surface area contributed by atoms with E-state index in [1.807, 2.05) is 30.1 Å². The van der Waals surface area contributed by atoms with Gasteiger partial charge in [-0.3, -0.25) is 4.79 Å². The molecule has 2 aliphatic rings. The Labute approximate surface area is 197 Å². The maximum Gasteiger partial charge on any atom is 0.265 e. The summed E-state index contributed by atoms with van der Waals surface area (Å²) in [5.74, 6) is 1.88. The minimum atomic E-state index is 0.113. The molecule has 3 aromatic rings. The van der Waals surface area contributed by atoms with E-state index in [4.69, 9.17) is 4.98 Å². The standard InChI is InChI=1S/C24H31N5OS2/c1-14-20(31-15(2)27-14)23(30)29-10-8-28(9-11-29)21-19-17-7-6-16(24(3,4)5)12-18(17)32-22(19)26-13-25-21/h13,16H,6-12H2,1-5H3/t16-/m1/s1. The number of carbonyl (C=O) groups is 1. The Kier molecular flexibility index (Phi) is 5.48. The molecule has 170 valence electrons. The monoisotopic (exact) mass is 469 g/mol. The number of anilines is 1. The van der Waals surface area contributed by atoms with Crippen LogP contribution in [0, 0.1) is 25.2 Å². The van der Waals surface area contributed by atoms with Crippen LogP contribution < -0.4 is 4.90 Å². The second kappa shape index (κ2) is 8.06. The molecule has 0 N–H and O–H groups in total. The lowest BCUT2D eigenvalue weighted by Gasteiger charge is -2.36. The zero-order valence-electron chi connectivity index (χ0n) is 19.6. The number of rotatable bonds is 2. The van der Waals surface area contributed by atoms with Gasteiger partial charge in [-0.15, -0.1) is 22.7 Å². The first-order chi connectivity index (χ1) is 15.2. The Morgan fingerprint density at radius 3 is 2.50 bits per heavy atom. The third-order valence-corrected chi connectivity index (χ3v) is 9.24. The highest BCUT2D eigenvalue weighted by atomic mass is 32.1. The number of amides is 1. The second-order valence-corrected chi connectivity index (χ2v) is 12.4. The van der Waals surface area contributed by atoms with Crippen LogP contribution in [0.5, 0.6) is 0 Å². The fourth-order valence-electron chi connectivity index (χ4n) is 5.07. The van der Waals surface area contributed by atoms with Crippen LogP contribution in [-0.4, -0.2) is 51.9 Å². The quantitative estimate of drug-likeness (QED) is 0.535. The Hall–Kier alpha value is -2.06. The van der Waals surface area contributed by atoms with Crippen LogP contribution >= 0.6 is 22.7 Å². The van der Waals surface area contributed by atoms with Crippen molar-refractivity contribution in [3.63, 3.8) is 0 Å². The van der Waals surface area contributed by atoms with Gasteiger partial charge in [-0.25, -0.2) is 15.0 Å². The summed E-state index contributed by atoms with van der Waals surface area (Å²) in [4.78, 5) is 34.5. The lowest BCUT2D eigenvalue weighted by atomic mass is 9.72. The molecular formula is C24H31N5OS2. The molecule has 0 aromatic carbocycles. The molecule has 4 heterocycles. The molecule has 0 radical (unpaired) electrons. The van der Waals surface area contributed by atoms with Crippen LogP contribution in [0.3, 0.4) is 0 Å². The van der Waals surface area contributed by atoms with Crippen molar-refractivity contribution in [3.8, 4) is 0 Å². The summed E-state index contributed by atoms with van der Waals surface area (Å²) < 4.78 is 0. The summed E-state index contributed by atoms with van der Waals surface area (Å²) in [6, 6.07) is 0. The Balaban J connectivity index is 1.37. The molecule has 6 nitrogen and oxygen atoms in total. The van der Waals surface area contributed by atoms with Crippen LogP contribution in [0.1, 0.15) is 58.0 Å². The molecular weight excluding hydrogens is 438 g/mol. The van der Waals surface area contributed by atoms with Gasteiger partial charge in [0, 0.05) is 31.1 Å². The van der Waals surface area contributed by atoms with E-state index in [1.165, 1.54) is 33.6 Å². The zero-order valence-corrected chi connectivity index (χ0v) is 21.2. The smallest absolute Gasteiger partial charge is 0.265 e. The molecule has 5 rings (SSSR count). The van der Waals surface area contributed by atoms with Crippen LogP contribution in [-0.2, 0) is 12.8 Å². The fraction of sp³-hybridized carbons (Fsp3) is 0.583. The van der Waals surface area contributed by atoms with E-state index in [9.17, 15) is 4.79 Å². The molecule has 1 saturated heterocycles. The molecule has 3 aromatic heterocycles. The van der Waals surface area contributed by atoms with Crippen molar-refractivity contribution in [2.24, 2.45) is 11.3 Å². The van der Waals surface area contributed by atoms with Crippen molar-refractivity contribution in [2.75, 3.05) is 31.1 Å². The molecule has 1 fully saturated rings. The molecule has 0 spiro atoms. The van der Waals surface area contributed by atoms with Gasteiger partial charge < -0.3 is 9.80 Å². The van der Waals surface area contributed by atoms with Crippen molar-refractivity contribution >= 4 is 44.6 Å². The summed E-state index contributed by atoms with van der Waals surface area (Å²) in [5.41, 5.74) is 2.64. The molecule has 1 aliphatic carbocycles. The molecule has 32 heavy (non-hydrogen) atoms. The Morgan fingerprint density at radius 1 is 1.09 bits per heavy atom. The van der Waals surface area contributed by atoms with E-state index in [1.54, 1.807) is 6.33 Å². The third kappa shape index (κ3) is 3.81. The second-order valence-electron chi connectivity index (χ2n) is 10.1. The number of thiophene rings is 1. The predicted octanol–water partition coefficient (Wildman–Crippen LogP) is 4.88. The number of aryl methyl sites for hydroxylation is 3. The van der Waals surface area contributed by atoms with Crippen LogP contribution in [0.25, 0.3) is 10.2 Å². The first-order valence-electron chi connectivity index (χ1n) is 11.5. The van der Waals surface area contributed by atoms with Gasteiger partial charge in [0.05, 0.1) is 16.1 Å². The van der Waals surface area contributed by atoms with Gasteiger partial charge in [0.25, 0.3) is 5.91 Å². The number of piperazine rings is 1. The van der Waals surface area contributed by atoms with Crippen LogP contribution in [0.4, 0.5) is 5.82 Å². The number of hydrogen-bond donors (Lipinski definition) is 0. The Morgan fingerprint density at radius 2 is 1.84 bits per heavy atom. The lowest BCUT2D eigenvalue weighted by Crippen LogP contribution is -2.49. The van der Waals surface area contributed by atoms with E-state index >= 15 is 0 Å². The minimum absolute atomic E-state index is 0.113. The molecule has 1 atom stereocenters. The van der Waals surface area contributed by atoms with Gasteiger partial charge in [-0.2, -0.15) is 0 Å². The van der Waals surface area contributed by atoms with Gasteiger partial charge in [-0.05, 0) is 50.0 Å². The predicted molar refractivity (Wildman–Crippen MR) is 132 cm³/mol. The molecule has 8 heteroatoms. The van der Waals surface area contributed by atoms with E-state index < -0.39 is 0 Å². The summed E-state index contributed by atoms with van der Waals surface area (Å²) in [6.07, 6.45) is 5.20. The molecule has 1 aliphatic heterocycles. The first-order valence-corrected chi connectivity index (χ1v) is 13.1. The maximum atomic E-state index is 13.0. The SMILES string of the molecule is Cc1nc(C)c(C(=O)N2CCN(c3ncnc4sc5c(c34)CC[C@@H](C(C)(C)C)C5)CC2)s1. The normalized spacial score (nSPS) is 19.5. The largest absolute Gasteiger partial charge is 0.352 e. The number of aromatic nitrogens is 3. The van der Waals surface area contributed by atoms with Crippen molar-refractivity contribution in [2.45, 2.75) is 53.9 Å². The number of nitrogens with zero attached hydrogens (tertiary/aromatic N) is 5. The van der Waals surface area contributed by atoms with Crippen LogP contribution in [0.15, 0.2) is 6.33 Å². The third-order valence-electron chi connectivity index (χ3n) is 7.01. The number of carbonyl (C=O) groups excluding carboxylic acids is 1. The van der Waals surface area contributed by atoms with E-state index in [-0.39, 0.29) is 5.91 Å². The molecule has 0 unspecified atom stereocenters. The van der Waals surface area contributed by atoms with Crippen LogP contribution in [0.2, 0.25) is 0 Å². The fourth-order valence-corrected chi connectivity index (χ4v) is 7.22. The van der Waals surface area contributed by atoms with Crippen molar-refractivity contribution in [1.82, 2.24) is 19.9 Å². The number of fused-ring (bicyclic) bond motifs is 3. The van der Waals surface area contributed by atoms with Crippen molar-refractivity contribution in [1.29, 1.82) is 0 Å². The summed E-state index contributed by atoms with van der Waals surface area (Å²) in [7, 11) is 0. The van der Waals surface area contributed by atoms with Gasteiger partial charge in [0.15, 0.2) is 0 Å². The van der Waals surface area contributed by atoms with E-state index in [0.29, 0.717) is 24.4 Å². The minimum Gasteiger partial charge on any atom is -0.352 e. The van der Waals surface area contributed by atoms with Gasteiger partial charge in [0.2, 0.25) is 0 Å².